The van der Waals surface area contributed by atoms with Gasteiger partial charge in [0.1, 0.15) is 0 Å². The number of nitrogens with one attached hydrogen (secondary N) is 2. The highest BCUT2D eigenvalue weighted by Crippen LogP contribution is 2.07. The Morgan fingerprint density at radius 1 is 1.25 bits per heavy atom. The monoisotopic (exact) mass is 332 g/mol. The first-order chi connectivity index (χ1) is 7.59. The molecule has 0 saturated carbocycles. The van der Waals surface area contributed by atoms with Crippen LogP contribution in [0, 0.1) is 3.57 Å². The molecular weight excluding hydrogens is 319 g/mol. The van der Waals surface area contributed by atoms with Gasteiger partial charge in [-0.1, -0.05) is 6.07 Å². The van der Waals surface area contributed by atoms with Crippen LogP contribution in [0.25, 0.3) is 0 Å². The molecule has 0 bridgehead atoms. The van der Waals surface area contributed by atoms with Crippen LogP contribution in [0.15, 0.2) is 24.3 Å². The fourth-order valence-corrected chi connectivity index (χ4v) is 1.69. The van der Waals surface area contributed by atoms with Crippen molar-refractivity contribution >= 4 is 34.4 Å². The maximum atomic E-state index is 11.6. The molecule has 0 unspecified atom stereocenters. The van der Waals surface area contributed by atoms with Gasteiger partial charge in [0.2, 0.25) is 5.91 Å². The predicted octanol–water partition coefficient (Wildman–Crippen LogP) is 1.16. The topological polar surface area (TPSA) is 58.2 Å². The zero-order valence-electron chi connectivity index (χ0n) is 8.92. The van der Waals surface area contributed by atoms with Crippen molar-refractivity contribution in [1.29, 1.82) is 0 Å². The molecule has 0 aliphatic carbocycles. The smallest absolute Gasteiger partial charge is 0.251 e. The van der Waals surface area contributed by atoms with E-state index in [1.807, 2.05) is 18.2 Å². The van der Waals surface area contributed by atoms with E-state index < -0.39 is 0 Å². The molecule has 16 heavy (non-hydrogen) atoms. The van der Waals surface area contributed by atoms with Crippen LogP contribution in [0.5, 0.6) is 0 Å². The molecule has 0 spiro atoms. The standard InChI is InChI=1S/C11H13IN2O2/c1-8(15)13-5-6-14-11(16)9-3-2-4-10(12)7-9/h2-4,7H,5-6H2,1H3,(H,13,15)(H,14,16). The van der Waals surface area contributed by atoms with Crippen LogP contribution in [0.2, 0.25) is 0 Å². The van der Waals surface area contributed by atoms with Crippen LogP contribution < -0.4 is 10.6 Å². The van der Waals surface area contributed by atoms with E-state index in [4.69, 9.17) is 0 Å². The molecule has 1 aromatic rings. The molecule has 0 aliphatic rings. The summed E-state index contributed by atoms with van der Waals surface area (Å²) in [6.45, 7) is 2.33. The molecule has 1 rings (SSSR count). The number of hydrogen-bond acceptors (Lipinski definition) is 2. The van der Waals surface area contributed by atoms with Crippen molar-refractivity contribution in [3.8, 4) is 0 Å². The first-order valence-electron chi connectivity index (χ1n) is 4.88. The lowest BCUT2D eigenvalue weighted by Crippen LogP contribution is -2.33. The van der Waals surface area contributed by atoms with Crippen LogP contribution in [-0.2, 0) is 4.79 Å². The molecule has 5 heteroatoms. The molecule has 0 radical (unpaired) electrons. The maximum Gasteiger partial charge on any atom is 0.251 e. The van der Waals surface area contributed by atoms with E-state index >= 15 is 0 Å². The number of carbonyl (C=O) groups is 2. The summed E-state index contributed by atoms with van der Waals surface area (Å²) in [4.78, 5) is 22.2. The largest absolute Gasteiger partial charge is 0.355 e. The molecule has 0 saturated heterocycles. The van der Waals surface area contributed by atoms with E-state index in [1.165, 1.54) is 6.92 Å². The van der Waals surface area contributed by atoms with Gasteiger partial charge in [0.25, 0.3) is 5.91 Å². The lowest BCUT2D eigenvalue weighted by atomic mass is 10.2. The SMILES string of the molecule is CC(=O)NCCNC(=O)c1cccc(I)c1. The molecule has 86 valence electrons. The quantitative estimate of drug-likeness (QED) is 0.642. The second-order valence-electron chi connectivity index (χ2n) is 3.25. The minimum atomic E-state index is -0.121. The van der Waals surface area contributed by atoms with Crippen molar-refractivity contribution in [3.05, 3.63) is 33.4 Å². The van der Waals surface area contributed by atoms with Gasteiger partial charge in [0.05, 0.1) is 0 Å². The zero-order valence-corrected chi connectivity index (χ0v) is 11.1. The van der Waals surface area contributed by atoms with Crippen molar-refractivity contribution in [2.45, 2.75) is 6.92 Å². The molecule has 0 fully saturated rings. The Labute approximate surface area is 108 Å². The number of benzene rings is 1. The third kappa shape index (κ3) is 4.61. The normalized spacial score (nSPS) is 9.62. The van der Waals surface area contributed by atoms with Crippen molar-refractivity contribution < 1.29 is 9.59 Å². The average Bonchev–Trinajstić information content (AvgIpc) is 2.24. The Kier molecular flexibility index (Phi) is 5.24. The van der Waals surface area contributed by atoms with Gasteiger partial charge in [-0.3, -0.25) is 9.59 Å². The minimum Gasteiger partial charge on any atom is -0.355 e. The van der Waals surface area contributed by atoms with Gasteiger partial charge in [-0.05, 0) is 40.8 Å². The molecule has 0 aromatic heterocycles. The predicted molar refractivity (Wildman–Crippen MR) is 70.2 cm³/mol. The Hall–Kier alpha value is -1.11. The van der Waals surface area contributed by atoms with Crippen LogP contribution in [0.1, 0.15) is 17.3 Å². The summed E-state index contributed by atoms with van der Waals surface area (Å²) in [5.41, 5.74) is 0.634. The van der Waals surface area contributed by atoms with E-state index in [2.05, 4.69) is 33.2 Å². The van der Waals surface area contributed by atoms with Crippen molar-refractivity contribution in [2.24, 2.45) is 0 Å². The van der Waals surface area contributed by atoms with Gasteiger partial charge in [0, 0.05) is 29.1 Å². The summed E-state index contributed by atoms with van der Waals surface area (Å²) >= 11 is 2.16. The van der Waals surface area contributed by atoms with Gasteiger partial charge < -0.3 is 10.6 Å². The summed E-state index contributed by atoms with van der Waals surface area (Å²) in [5.74, 6) is -0.215. The molecular formula is C11H13IN2O2. The average molecular weight is 332 g/mol. The number of rotatable bonds is 4. The molecule has 1 aromatic carbocycles. The van der Waals surface area contributed by atoms with Gasteiger partial charge in [-0.15, -0.1) is 0 Å². The lowest BCUT2D eigenvalue weighted by molar-refractivity contribution is -0.118. The van der Waals surface area contributed by atoms with Gasteiger partial charge in [0.15, 0.2) is 0 Å². The van der Waals surface area contributed by atoms with Gasteiger partial charge in [-0.25, -0.2) is 0 Å². The van der Waals surface area contributed by atoms with Crippen molar-refractivity contribution in [3.63, 3.8) is 0 Å². The summed E-state index contributed by atoms with van der Waals surface area (Å²) in [5, 5.41) is 5.33. The lowest BCUT2D eigenvalue weighted by Gasteiger charge is -2.05. The van der Waals surface area contributed by atoms with Crippen LogP contribution in [-0.4, -0.2) is 24.9 Å². The van der Waals surface area contributed by atoms with E-state index in [0.717, 1.165) is 3.57 Å². The minimum absolute atomic E-state index is 0.0940. The number of halogens is 1. The second-order valence-corrected chi connectivity index (χ2v) is 4.49. The molecule has 4 nitrogen and oxygen atoms in total. The van der Waals surface area contributed by atoms with Crippen molar-refractivity contribution in [2.75, 3.05) is 13.1 Å². The third-order valence-corrected chi connectivity index (χ3v) is 2.54. The van der Waals surface area contributed by atoms with Crippen LogP contribution >= 0.6 is 22.6 Å². The first-order valence-corrected chi connectivity index (χ1v) is 5.95. The second kappa shape index (κ2) is 6.47. The summed E-state index contributed by atoms with van der Waals surface area (Å²) in [6.07, 6.45) is 0. The number of hydrogen-bond donors (Lipinski definition) is 2. The Bertz CT molecular complexity index is 393. The Morgan fingerprint density at radius 2 is 1.94 bits per heavy atom. The fourth-order valence-electron chi connectivity index (χ4n) is 1.15. The van der Waals surface area contributed by atoms with Crippen LogP contribution in [0.3, 0.4) is 0 Å². The van der Waals surface area contributed by atoms with Crippen LogP contribution in [0.4, 0.5) is 0 Å². The number of amides is 2. The highest BCUT2D eigenvalue weighted by molar-refractivity contribution is 14.1. The highest BCUT2D eigenvalue weighted by atomic mass is 127. The molecule has 0 heterocycles. The third-order valence-electron chi connectivity index (χ3n) is 1.87. The zero-order chi connectivity index (χ0) is 12.0. The summed E-state index contributed by atoms with van der Waals surface area (Å²) in [7, 11) is 0. The van der Waals surface area contributed by atoms with Gasteiger partial charge in [-0.2, -0.15) is 0 Å². The summed E-state index contributed by atoms with van der Waals surface area (Å²) in [6, 6.07) is 7.34. The highest BCUT2D eigenvalue weighted by Gasteiger charge is 2.04. The Morgan fingerprint density at radius 3 is 2.56 bits per heavy atom. The fraction of sp³-hybridized carbons (Fsp3) is 0.273. The molecule has 2 amide bonds. The van der Waals surface area contributed by atoms with Crippen molar-refractivity contribution in [1.82, 2.24) is 10.6 Å². The first kappa shape index (κ1) is 13.0. The van der Waals surface area contributed by atoms with E-state index in [-0.39, 0.29) is 11.8 Å². The molecule has 0 atom stereocenters. The van der Waals surface area contributed by atoms with Gasteiger partial charge >= 0.3 is 0 Å². The molecule has 0 aliphatic heterocycles. The number of carbonyl (C=O) groups excluding carboxylic acids is 2. The maximum absolute atomic E-state index is 11.6. The molecule has 2 N–H and O–H groups in total. The Balaban J connectivity index is 2.38. The van der Waals surface area contributed by atoms with E-state index in [0.29, 0.717) is 18.7 Å². The summed E-state index contributed by atoms with van der Waals surface area (Å²) < 4.78 is 1.02. The van der Waals surface area contributed by atoms with E-state index in [1.54, 1.807) is 6.07 Å². The van der Waals surface area contributed by atoms with E-state index in [9.17, 15) is 9.59 Å².